The van der Waals surface area contributed by atoms with Gasteiger partial charge in [0, 0.05) is 27.8 Å². The predicted octanol–water partition coefficient (Wildman–Crippen LogP) is 8.03. The monoisotopic (exact) mass is 934 g/mol. The van der Waals surface area contributed by atoms with E-state index in [1.54, 1.807) is 54.6 Å². The minimum atomic E-state index is -6.02. The molecular formula is C44H30N4O12S4. The van der Waals surface area contributed by atoms with Crippen LogP contribution in [0.3, 0.4) is 0 Å². The first-order valence-corrected chi connectivity index (χ1v) is 24.5. The molecule has 0 spiro atoms. The zero-order chi connectivity index (χ0) is 45.3. The molecule has 2 aliphatic rings. The highest BCUT2D eigenvalue weighted by molar-refractivity contribution is 7.96. The molecule has 0 saturated carbocycles. The van der Waals surface area contributed by atoms with Crippen LogP contribution in [0.25, 0.3) is 78.1 Å². The van der Waals surface area contributed by atoms with Gasteiger partial charge in [0.1, 0.15) is 25.3 Å². The SMILES string of the molecule is O=S(=O)(O)C1=C(c2ccccc2)c2nc1c(S(=O)(=O)O)c1[nH]c(cc3nc(cc4[nH]c(c2-c2ccccc2)c(-c2ccccc2)c4-c2ccccc2)C=C3)c(S(=O)(=O)O)c1S(=O)(=O)O. The van der Waals surface area contributed by atoms with E-state index in [0.717, 1.165) is 6.07 Å². The minimum Gasteiger partial charge on any atom is -0.354 e. The Morgan fingerprint density at radius 2 is 0.812 bits per heavy atom. The zero-order valence-electron chi connectivity index (χ0n) is 32.4. The summed E-state index contributed by atoms with van der Waals surface area (Å²) < 4.78 is 152. The maximum Gasteiger partial charge on any atom is 0.298 e. The fourth-order valence-corrected chi connectivity index (χ4v) is 11.9. The van der Waals surface area contributed by atoms with Crippen LogP contribution < -0.4 is 0 Å². The van der Waals surface area contributed by atoms with E-state index < -0.39 is 82.4 Å². The average molecular weight is 935 g/mol. The van der Waals surface area contributed by atoms with Gasteiger partial charge >= 0.3 is 0 Å². The van der Waals surface area contributed by atoms with Crippen LogP contribution in [-0.2, 0) is 40.5 Å². The number of benzene rings is 4. The molecule has 2 aliphatic heterocycles. The lowest BCUT2D eigenvalue weighted by atomic mass is 9.91. The van der Waals surface area contributed by atoms with Crippen molar-refractivity contribution in [2.75, 3.05) is 0 Å². The Hall–Kier alpha value is -6.88. The number of H-pyrrole nitrogens is 2. The molecule has 64 heavy (non-hydrogen) atoms. The molecule has 7 aromatic rings. The van der Waals surface area contributed by atoms with E-state index in [9.17, 15) is 51.9 Å². The summed E-state index contributed by atoms with van der Waals surface area (Å²) in [6.45, 7) is 0. The summed E-state index contributed by atoms with van der Waals surface area (Å²) in [6.07, 6.45) is 2.92. The largest absolute Gasteiger partial charge is 0.354 e. The smallest absolute Gasteiger partial charge is 0.298 e. The van der Waals surface area contributed by atoms with Crippen molar-refractivity contribution in [3.05, 3.63) is 162 Å². The molecule has 6 N–H and O–H groups in total. The Balaban J connectivity index is 1.72. The standard InChI is InChI=1S/C44H30N4O12S4/c49-61(50,51)41-32-24-30-22-21-29(45-30)23-31-33(25-13-5-1-6-14-25)34(26-15-7-2-8-16-26)37(46-31)35(27-17-9-3-10-18-27)38-36(28-19-11-4-12-20-28)42(62(52,53)54)39(48-38)43(63(55,56)57)40(47-32)44(41)64(58,59)60/h1-24,46-47H,(H,49,50,51)(H,52,53,54)(H,55,56,57)(H,58,59,60). The molecule has 0 unspecified atom stereocenters. The fraction of sp³-hybridized carbons (Fsp3) is 0. The topological polar surface area (TPSA) is 275 Å². The minimum absolute atomic E-state index is 0.0233. The van der Waals surface area contributed by atoms with Crippen molar-refractivity contribution in [3.63, 3.8) is 0 Å². The van der Waals surface area contributed by atoms with Gasteiger partial charge in [-0.25, -0.2) is 9.97 Å². The number of rotatable bonds is 8. The molecule has 20 heteroatoms. The normalized spacial score (nSPS) is 13.4. The highest BCUT2D eigenvalue weighted by atomic mass is 32.2. The molecule has 0 radical (unpaired) electrons. The van der Waals surface area contributed by atoms with Gasteiger partial charge < -0.3 is 9.97 Å². The summed E-state index contributed by atoms with van der Waals surface area (Å²) in [6, 6.07) is 36.7. The molecule has 5 heterocycles. The third kappa shape index (κ3) is 7.56. The number of fused-ring (bicyclic) bond motifs is 8. The Morgan fingerprint density at radius 1 is 0.391 bits per heavy atom. The van der Waals surface area contributed by atoms with Crippen LogP contribution in [0.4, 0.5) is 0 Å². The number of hydrogen-bond acceptors (Lipinski definition) is 10. The number of aromatic nitrogens is 4. The molecule has 322 valence electrons. The van der Waals surface area contributed by atoms with Gasteiger partial charge in [-0.3, -0.25) is 18.2 Å². The molecule has 3 aromatic heterocycles. The Bertz CT molecular complexity index is 3800. The highest BCUT2D eigenvalue weighted by Crippen LogP contribution is 2.49. The third-order valence-corrected chi connectivity index (χ3v) is 14.2. The van der Waals surface area contributed by atoms with Gasteiger partial charge in [-0.15, -0.1) is 0 Å². The van der Waals surface area contributed by atoms with Gasteiger partial charge in [0.05, 0.1) is 33.6 Å². The van der Waals surface area contributed by atoms with E-state index in [1.165, 1.54) is 36.4 Å². The summed E-state index contributed by atoms with van der Waals surface area (Å²) in [5.41, 5.74) is -0.535. The number of nitrogens with one attached hydrogen (secondary N) is 2. The maximum absolute atomic E-state index is 14.0. The van der Waals surface area contributed by atoms with Crippen LogP contribution in [0.15, 0.2) is 148 Å². The number of nitrogens with zero attached hydrogens (tertiary/aromatic N) is 2. The van der Waals surface area contributed by atoms with Crippen LogP contribution >= 0.6 is 0 Å². The Labute approximate surface area is 365 Å². The Kier molecular flexibility index (Phi) is 10.2. The lowest BCUT2D eigenvalue weighted by Gasteiger charge is -2.13. The summed E-state index contributed by atoms with van der Waals surface area (Å²) >= 11 is 0. The quantitative estimate of drug-likeness (QED) is 0.0787. The molecular weight excluding hydrogens is 905 g/mol. The van der Waals surface area contributed by atoms with Gasteiger partial charge in [-0.05, 0) is 46.5 Å². The lowest BCUT2D eigenvalue weighted by Crippen LogP contribution is -2.11. The van der Waals surface area contributed by atoms with Crippen LogP contribution in [0.1, 0.15) is 28.3 Å². The van der Waals surface area contributed by atoms with Gasteiger partial charge in [-0.2, -0.15) is 33.7 Å². The van der Waals surface area contributed by atoms with E-state index in [0.29, 0.717) is 33.3 Å². The summed E-state index contributed by atoms with van der Waals surface area (Å²) in [4.78, 5) is 8.57. The van der Waals surface area contributed by atoms with Crippen molar-refractivity contribution < 1.29 is 51.9 Å². The van der Waals surface area contributed by atoms with Gasteiger partial charge in [0.25, 0.3) is 40.5 Å². The molecule has 16 nitrogen and oxygen atoms in total. The fourth-order valence-electron chi connectivity index (χ4n) is 7.99. The molecule has 0 amide bonds. The maximum atomic E-state index is 14.0. The van der Waals surface area contributed by atoms with Crippen molar-refractivity contribution >= 4 is 85.2 Å². The van der Waals surface area contributed by atoms with Crippen LogP contribution in [0.5, 0.6) is 0 Å². The first-order chi connectivity index (χ1) is 30.3. The van der Waals surface area contributed by atoms with Crippen molar-refractivity contribution in [1.82, 2.24) is 19.9 Å². The first-order valence-electron chi connectivity index (χ1n) is 18.7. The first kappa shape index (κ1) is 42.4. The van der Waals surface area contributed by atoms with Crippen molar-refractivity contribution in [2.24, 2.45) is 0 Å². The lowest BCUT2D eigenvalue weighted by molar-refractivity contribution is 0.468. The second kappa shape index (κ2) is 15.4. The predicted molar refractivity (Wildman–Crippen MR) is 240 cm³/mol. The molecule has 4 aromatic carbocycles. The van der Waals surface area contributed by atoms with Crippen molar-refractivity contribution in [3.8, 4) is 33.4 Å². The average Bonchev–Trinajstić information content (AvgIpc) is 4.03. The van der Waals surface area contributed by atoms with Crippen LogP contribution in [-0.4, -0.2) is 71.8 Å². The van der Waals surface area contributed by atoms with Crippen LogP contribution in [0, 0.1) is 0 Å². The zero-order valence-corrected chi connectivity index (χ0v) is 35.7. The summed E-state index contributed by atoms with van der Waals surface area (Å²) in [7, 11) is -23.5. The molecule has 0 fully saturated rings. The summed E-state index contributed by atoms with van der Waals surface area (Å²) in [5, 5.41) is 0. The molecule has 8 bridgehead atoms. The van der Waals surface area contributed by atoms with E-state index in [4.69, 9.17) is 0 Å². The molecule has 0 atom stereocenters. The number of hydrogen-bond donors (Lipinski definition) is 6. The van der Waals surface area contributed by atoms with E-state index in [-0.39, 0.29) is 33.7 Å². The Morgan fingerprint density at radius 3 is 1.28 bits per heavy atom. The molecule has 0 aliphatic carbocycles. The van der Waals surface area contributed by atoms with Gasteiger partial charge in [0.15, 0.2) is 0 Å². The van der Waals surface area contributed by atoms with Gasteiger partial charge in [0.2, 0.25) is 0 Å². The van der Waals surface area contributed by atoms with E-state index in [2.05, 4.69) is 19.9 Å². The summed E-state index contributed by atoms with van der Waals surface area (Å²) in [5.74, 6) is 0. The van der Waals surface area contributed by atoms with Crippen molar-refractivity contribution in [1.29, 1.82) is 0 Å². The molecule has 9 rings (SSSR count). The third-order valence-electron chi connectivity index (χ3n) is 10.3. The van der Waals surface area contributed by atoms with Gasteiger partial charge in [-0.1, -0.05) is 121 Å². The van der Waals surface area contributed by atoms with Crippen molar-refractivity contribution in [2.45, 2.75) is 14.7 Å². The van der Waals surface area contributed by atoms with Crippen LogP contribution in [0.2, 0.25) is 0 Å². The molecule has 0 saturated heterocycles. The number of aromatic amines is 2. The second-order valence-corrected chi connectivity index (χ2v) is 19.8. The highest BCUT2D eigenvalue weighted by Gasteiger charge is 2.41. The van der Waals surface area contributed by atoms with E-state index in [1.807, 2.05) is 48.5 Å². The second-order valence-electron chi connectivity index (χ2n) is 14.4. The van der Waals surface area contributed by atoms with E-state index >= 15 is 0 Å².